The number of thioether (sulfide) groups is 1. The van der Waals surface area contributed by atoms with Gasteiger partial charge in [0.15, 0.2) is 0 Å². The van der Waals surface area contributed by atoms with E-state index in [4.69, 9.17) is 10.9 Å². The van der Waals surface area contributed by atoms with Crippen LogP contribution in [0, 0.1) is 5.41 Å². The van der Waals surface area contributed by atoms with Crippen molar-refractivity contribution in [3.05, 3.63) is 0 Å². The highest BCUT2D eigenvalue weighted by molar-refractivity contribution is 7.99. The van der Waals surface area contributed by atoms with Crippen molar-refractivity contribution < 1.29 is 5.21 Å². The summed E-state index contributed by atoms with van der Waals surface area (Å²) >= 11 is 1.60. The molecular weight excluding hydrogens is 240 g/mol. The molecule has 0 bridgehead atoms. The number of oxime groups is 1. The van der Waals surface area contributed by atoms with Crippen LogP contribution in [0.3, 0.4) is 0 Å². The number of rotatable bonds is 6. The third-order valence-corrected chi connectivity index (χ3v) is 3.66. The number of amidine groups is 1. The van der Waals surface area contributed by atoms with Crippen LogP contribution in [-0.2, 0) is 7.05 Å². The molecule has 17 heavy (non-hydrogen) atoms. The topological polar surface area (TPSA) is 102 Å². The Balaban J connectivity index is 2.32. The second kappa shape index (κ2) is 5.85. The lowest BCUT2D eigenvalue weighted by molar-refractivity contribution is 0.305. The second-order valence-corrected chi connectivity index (χ2v) is 5.47. The van der Waals surface area contributed by atoms with Gasteiger partial charge in [-0.1, -0.05) is 30.8 Å². The van der Waals surface area contributed by atoms with Gasteiger partial charge < -0.3 is 10.9 Å². The Morgan fingerprint density at radius 2 is 2.29 bits per heavy atom. The second-order valence-electron chi connectivity index (χ2n) is 4.41. The normalized spacial score (nSPS) is 13.0. The van der Waals surface area contributed by atoms with E-state index in [-0.39, 0.29) is 11.3 Å². The summed E-state index contributed by atoms with van der Waals surface area (Å²) in [6.45, 7) is 3.91. The first-order valence-corrected chi connectivity index (χ1v) is 6.29. The Morgan fingerprint density at radius 1 is 1.59 bits per heavy atom. The Labute approximate surface area is 104 Å². The molecule has 3 N–H and O–H groups in total. The van der Waals surface area contributed by atoms with E-state index in [1.807, 2.05) is 20.9 Å². The van der Waals surface area contributed by atoms with Crippen LogP contribution >= 0.6 is 11.8 Å². The highest BCUT2D eigenvalue weighted by atomic mass is 32.2. The molecule has 96 valence electrons. The van der Waals surface area contributed by atoms with Crippen molar-refractivity contribution in [3.63, 3.8) is 0 Å². The minimum Gasteiger partial charge on any atom is -0.409 e. The fraction of sp³-hybridized carbons (Fsp3) is 0.778. The van der Waals surface area contributed by atoms with Crippen molar-refractivity contribution in [2.24, 2.45) is 23.4 Å². The molecule has 1 aromatic heterocycles. The van der Waals surface area contributed by atoms with Gasteiger partial charge in [-0.2, -0.15) is 0 Å². The molecule has 0 amide bonds. The summed E-state index contributed by atoms with van der Waals surface area (Å²) < 4.78 is 1.64. The minimum absolute atomic E-state index is 0.267. The fourth-order valence-corrected chi connectivity index (χ4v) is 2.07. The lowest BCUT2D eigenvalue weighted by Gasteiger charge is -2.22. The van der Waals surface area contributed by atoms with Gasteiger partial charge in [0.05, 0.1) is 0 Å². The number of aryl methyl sites for hydroxylation is 1. The molecular formula is C9H18N6OS. The third-order valence-electron chi connectivity index (χ3n) is 2.56. The molecule has 0 radical (unpaired) electrons. The fourth-order valence-electron chi connectivity index (χ4n) is 1.28. The molecule has 0 saturated carbocycles. The predicted molar refractivity (Wildman–Crippen MR) is 65.9 cm³/mol. The van der Waals surface area contributed by atoms with Gasteiger partial charge in [-0.05, 0) is 23.3 Å². The summed E-state index contributed by atoms with van der Waals surface area (Å²) in [5.74, 6) is 1.17. The summed E-state index contributed by atoms with van der Waals surface area (Å²) in [5, 5.41) is 23.7. The SMILES string of the molecule is Cn1nnnc1SCCCC(C)(C)C(N)=NO. The molecule has 0 saturated heterocycles. The molecule has 0 aliphatic rings. The Hall–Kier alpha value is -1.31. The molecule has 0 aliphatic carbocycles. The zero-order chi connectivity index (χ0) is 12.9. The summed E-state index contributed by atoms with van der Waals surface area (Å²) in [6.07, 6.45) is 1.79. The maximum absolute atomic E-state index is 8.64. The van der Waals surface area contributed by atoms with Gasteiger partial charge in [0, 0.05) is 18.2 Å². The van der Waals surface area contributed by atoms with Crippen LogP contribution in [0.4, 0.5) is 0 Å². The van der Waals surface area contributed by atoms with E-state index in [9.17, 15) is 0 Å². The van der Waals surface area contributed by atoms with Gasteiger partial charge in [0.1, 0.15) is 5.84 Å². The van der Waals surface area contributed by atoms with Crippen LogP contribution in [-0.4, -0.2) is 37.0 Å². The third kappa shape index (κ3) is 3.88. The van der Waals surface area contributed by atoms with Crippen molar-refractivity contribution in [3.8, 4) is 0 Å². The standard InChI is InChI=1S/C9H18N6OS/c1-9(2,7(10)12-16)5-4-6-17-8-11-13-14-15(8)3/h16H,4-6H2,1-3H3,(H2,10,12). The van der Waals surface area contributed by atoms with Gasteiger partial charge in [0.25, 0.3) is 0 Å². The number of hydrogen-bond donors (Lipinski definition) is 2. The number of hydrogen-bond acceptors (Lipinski definition) is 6. The first-order chi connectivity index (χ1) is 7.97. The Morgan fingerprint density at radius 3 is 2.82 bits per heavy atom. The Kier molecular flexibility index (Phi) is 4.73. The van der Waals surface area contributed by atoms with E-state index in [0.29, 0.717) is 0 Å². The van der Waals surface area contributed by atoms with Crippen LogP contribution in [0.5, 0.6) is 0 Å². The molecule has 0 aliphatic heterocycles. The van der Waals surface area contributed by atoms with E-state index in [1.165, 1.54) is 0 Å². The lowest BCUT2D eigenvalue weighted by Crippen LogP contribution is -2.31. The first kappa shape index (κ1) is 13.8. The summed E-state index contributed by atoms with van der Waals surface area (Å²) in [5.41, 5.74) is 5.32. The van der Waals surface area contributed by atoms with Gasteiger partial charge in [0.2, 0.25) is 5.16 Å². The van der Waals surface area contributed by atoms with Crippen LogP contribution < -0.4 is 5.73 Å². The highest BCUT2D eigenvalue weighted by Gasteiger charge is 2.22. The number of nitrogens with two attached hydrogens (primary N) is 1. The number of tetrazole rings is 1. The first-order valence-electron chi connectivity index (χ1n) is 5.30. The molecule has 7 nitrogen and oxygen atoms in total. The summed E-state index contributed by atoms with van der Waals surface area (Å²) in [6, 6.07) is 0. The molecule has 1 heterocycles. The van der Waals surface area contributed by atoms with Crippen LogP contribution in [0.25, 0.3) is 0 Å². The molecule has 0 unspecified atom stereocenters. The van der Waals surface area contributed by atoms with E-state index < -0.39 is 0 Å². The van der Waals surface area contributed by atoms with Crippen molar-refractivity contribution in [1.82, 2.24) is 20.2 Å². The summed E-state index contributed by atoms with van der Waals surface area (Å²) in [4.78, 5) is 0. The van der Waals surface area contributed by atoms with Crippen molar-refractivity contribution in [2.75, 3.05) is 5.75 Å². The number of aromatic nitrogens is 4. The van der Waals surface area contributed by atoms with Crippen molar-refractivity contribution in [2.45, 2.75) is 31.8 Å². The monoisotopic (exact) mass is 258 g/mol. The van der Waals surface area contributed by atoms with Gasteiger partial charge in [-0.15, -0.1) is 5.10 Å². The molecule has 0 spiro atoms. The smallest absolute Gasteiger partial charge is 0.209 e. The summed E-state index contributed by atoms with van der Waals surface area (Å²) in [7, 11) is 1.81. The quantitative estimate of drug-likeness (QED) is 0.196. The average molecular weight is 258 g/mol. The lowest BCUT2D eigenvalue weighted by atomic mass is 9.87. The molecule has 8 heteroatoms. The van der Waals surface area contributed by atoms with E-state index >= 15 is 0 Å². The Bertz CT molecular complexity index is 389. The molecule has 1 aromatic rings. The molecule has 0 fully saturated rings. The van der Waals surface area contributed by atoms with E-state index in [0.717, 1.165) is 23.8 Å². The van der Waals surface area contributed by atoms with Gasteiger partial charge in [-0.25, -0.2) is 4.68 Å². The predicted octanol–water partition coefficient (Wildman–Crippen LogP) is 0.855. The maximum atomic E-state index is 8.64. The van der Waals surface area contributed by atoms with Gasteiger partial charge in [-0.3, -0.25) is 0 Å². The van der Waals surface area contributed by atoms with Crippen molar-refractivity contribution >= 4 is 17.6 Å². The molecule has 0 aromatic carbocycles. The van der Waals surface area contributed by atoms with Crippen LogP contribution in [0.1, 0.15) is 26.7 Å². The minimum atomic E-state index is -0.284. The number of nitrogens with zero attached hydrogens (tertiary/aromatic N) is 5. The van der Waals surface area contributed by atoms with Crippen LogP contribution in [0.15, 0.2) is 10.3 Å². The molecule has 1 rings (SSSR count). The van der Waals surface area contributed by atoms with Crippen molar-refractivity contribution in [1.29, 1.82) is 0 Å². The zero-order valence-corrected chi connectivity index (χ0v) is 11.1. The highest BCUT2D eigenvalue weighted by Crippen LogP contribution is 2.24. The van der Waals surface area contributed by atoms with Gasteiger partial charge >= 0.3 is 0 Å². The zero-order valence-electron chi connectivity index (χ0n) is 10.3. The van der Waals surface area contributed by atoms with E-state index in [1.54, 1.807) is 16.4 Å². The molecule has 0 atom stereocenters. The average Bonchev–Trinajstić information content (AvgIpc) is 2.69. The van der Waals surface area contributed by atoms with Crippen LogP contribution in [0.2, 0.25) is 0 Å². The maximum Gasteiger partial charge on any atom is 0.209 e. The van der Waals surface area contributed by atoms with E-state index in [2.05, 4.69) is 20.7 Å². The largest absolute Gasteiger partial charge is 0.409 e.